The van der Waals surface area contributed by atoms with Crippen LogP contribution in [0.15, 0.2) is 66.0 Å². The van der Waals surface area contributed by atoms with Crippen LogP contribution in [0.3, 0.4) is 0 Å². The van der Waals surface area contributed by atoms with E-state index < -0.39 is 0 Å². The lowest BCUT2D eigenvalue weighted by molar-refractivity contribution is -0.114. The third-order valence-corrected chi connectivity index (χ3v) is 3.39. The van der Waals surface area contributed by atoms with E-state index in [0.29, 0.717) is 23.1 Å². The number of carbonyl (C=O) groups excluding carboxylic acids is 1. The van der Waals surface area contributed by atoms with Crippen LogP contribution < -0.4 is 15.4 Å². The van der Waals surface area contributed by atoms with Gasteiger partial charge in [-0.2, -0.15) is 0 Å². The van der Waals surface area contributed by atoms with E-state index >= 15 is 0 Å². The number of pyridine rings is 1. The third-order valence-electron chi connectivity index (χ3n) is 3.39. The van der Waals surface area contributed by atoms with Gasteiger partial charge in [0.2, 0.25) is 5.91 Å². The molecule has 0 fully saturated rings. The molecule has 0 atom stereocenters. The Morgan fingerprint density at radius 1 is 1.15 bits per heavy atom. The quantitative estimate of drug-likeness (QED) is 0.671. The lowest BCUT2D eigenvalue weighted by atomic mass is 10.3. The van der Waals surface area contributed by atoms with E-state index in [1.54, 1.807) is 37.5 Å². The molecule has 0 bridgehead atoms. The summed E-state index contributed by atoms with van der Waals surface area (Å²) in [5, 5.41) is 9.45. The summed E-state index contributed by atoms with van der Waals surface area (Å²) in [6.07, 6.45) is 3.33. The van der Waals surface area contributed by atoms with Gasteiger partial charge in [0.05, 0.1) is 6.54 Å². The SMILES string of the molecule is C=C(C)c1cc(NC(=O)CNc2ccc(Oc3ccncc3)cc2)no1. The van der Waals surface area contributed by atoms with Crippen molar-refractivity contribution >= 4 is 23.0 Å². The predicted octanol–water partition coefficient (Wildman–Crippen LogP) is 3.95. The molecule has 0 saturated heterocycles. The zero-order chi connectivity index (χ0) is 18.4. The van der Waals surface area contributed by atoms with Crippen molar-refractivity contribution in [2.75, 3.05) is 17.2 Å². The van der Waals surface area contributed by atoms with Crippen LogP contribution in [0.4, 0.5) is 11.5 Å². The molecule has 2 N–H and O–H groups in total. The van der Waals surface area contributed by atoms with Gasteiger partial charge >= 0.3 is 0 Å². The summed E-state index contributed by atoms with van der Waals surface area (Å²) in [5.41, 5.74) is 1.54. The molecule has 0 unspecified atom stereocenters. The first-order valence-corrected chi connectivity index (χ1v) is 7.94. The Balaban J connectivity index is 1.49. The van der Waals surface area contributed by atoms with E-state index in [2.05, 4.69) is 27.4 Å². The van der Waals surface area contributed by atoms with Crippen LogP contribution >= 0.6 is 0 Å². The number of hydrogen-bond acceptors (Lipinski definition) is 6. The first-order valence-electron chi connectivity index (χ1n) is 7.94. The average molecular weight is 350 g/mol. The maximum atomic E-state index is 12.0. The highest BCUT2D eigenvalue weighted by molar-refractivity contribution is 5.93. The van der Waals surface area contributed by atoms with Gasteiger partial charge in [-0.05, 0) is 48.9 Å². The van der Waals surface area contributed by atoms with Gasteiger partial charge < -0.3 is 19.9 Å². The molecule has 3 aromatic rings. The molecule has 26 heavy (non-hydrogen) atoms. The lowest BCUT2D eigenvalue weighted by Crippen LogP contribution is -2.21. The molecule has 0 aliphatic rings. The van der Waals surface area contributed by atoms with Crippen molar-refractivity contribution in [2.24, 2.45) is 0 Å². The van der Waals surface area contributed by atoms with Crippen LogP contribution in [0.1, 0.15) is 12.7 Å². The van der Waals surface area contributed by atoms with Gasteiger partial charge in [-0.1, -0.05) is 11.7 Å². The van der Waals surface area contributed by atoms with E-state index in [1.807, 2.05) is 24.3 Å². The van der Waals surface area contributed by atoms with Crippen molar-refractivity contribution in [2.45, 2.75) is 6.92 Å². The molecular weight excluding hydrogens is 332 g/mol. The fourth-order valence-corrected chi connectivity index (χ4v) is 2.09. The van der Waals surface area contributed by atoms with E-state index in [-0.39, 0.29) is 12.5 Å². The molecule has 7 nitrogen and oxygen atoms in total. The zero-order valence-electron chi connectivity index (χ0n) is 14.2. The Morgan fingerprint density at radius 2 is 1.85 bits per heavy atom. The minimum absolute atomic E-state index is 0.0970. The number of carbonyl (C=O) groups is 1. The van der Waals surface area contributed by atoms with Gasteiger partial charge in [-0.25, -0.2) is 0 Å². The summed E-state index contributed by atoms with van der Waals surface area (Å²) >= 11 is 0. The second-order valence-corrected chi connectivity index (χ2v) is 5.57. The number of allylic oxidation sites excluding steroid dienone is 1. The molecule has 3 rings (SSSR count). The molecule has 1 amide bonds. The molecule has 0 aliphatic carbocycles. The van der Waals surface area contributed by atoms with Crippen LogP contribution in [-0.4, -0.2) is 22.6 Å². The van der Waals surface area contributed by atoms with Gasteiger partial charge in [0.1, 0.15) is 11.5 Å². The van der Waals surface area contributed by atoms with Gasteiger partial charge in [0.15, 0.2) is 11.6 Å². The Labute approximate surface area is 150 Å². The van der Waals surface area contributed by atoms with Crippen LogP contribution in [0.2, 0.25) is 0 Å². The molecule has 2 heterocycles. The van der Waals surface area contributed by atoms with Crippen molar-refractivity contribution in [1.29, 1.82) is 0 Å². The number of rotatable bonds is 7. The van der Waals surface area contributed by atoms with Crippen molar-refractivity contribution in [3.05, 3.63) is 67.2 Å². The summed E-state index contributed by atoms with van der Waals surface area (Å²) in [6, 6.07) is 12.5. The summed E-state index contributed by atoms with van der Waals surface area (Å²) in [7, 11) is 0. The first-order chi connectivity index (χ1) is 12.6. The highest BCUT2D eigenvalue weighted by Crippen LogP contribution is 2.22. The van der Waals surface area contributed by atoms with Crippen molar-refractivity contribution in [3.8, 4) is 11.5 Å². The fraction of sp³-hybridized carbons (Fsp3) is 0.105. The standard InChI is InChI=1S/C19H18N4O3/c1-13(2)17-11-18(23-26-17)22-19(24)12-21-14-3-5-15(6-4-14)25-16-7-9-20-10-8-16/h3-11,21H,1,12H2,2H3,(H,22,23,24). The second-order valence-electron chi connectivity index (χ2n) is 5.57. The number of amides is 1. The molecule has 0 saturated carbocycles. The maximum absolute atomic E-state index is 12.0. The highest BCUT2D eigenvalue weighted by Gasteiger charge is 2.08. The molecule has 0 aliphatic heterocycles. The predicted molar refractivity (Wildman–Crippen MR) is 99.1 cm³/mol. The van der Waals surface area contributed by atoms with Gasteiger partial charge in [0, 0.05) is 24.1 Å². The topological polar surface area (TPSA) is 89.3 Å². The number of ether oxygens (including phenoxy) is 1. The molecule has 2 aromatic heterocycles. The van der Waals surface area contributed by atoms with Gasteiger partial charge in [0.25, 0.3) is 0 Å². The lowest BCUT2D eigenvalue weighted by Gasteiger charge is -2.08. The zero-order valence-corrected chi connectivity index (χ0v) is 14.2. The Morgan fingerprint density at radius 3 is 2.50 bits per heavy atom. The summed E-state index contributed by atoms with van der Waals surface area (Å²) in [6.45, 7) is 5.65. The summed E-state index contributed by atoms with van der Waals surface area (Å²) in [5.74, 6) is 2.07. The van der Waals surface area contributed by atoms with Crippen molar-refractivity contribution in [1.82, 2.24) is 10.1 Å². The molecule has 1 aromatic carbocycles. The van der Waals surface area contributed by atoms with Crippen molar-refractivity contribution in [3.63, 3.8) is 0 Å². The smallest absolute Gasteiger partial charge is 0.244 e. The van der Waals surface area contributed by atoms with Crippen molar-refractivity contribution < 1.29 is 14.1 Å². The van der Waals surface area contributed by atoms with Crippen LogP contribution in [0, 0.1) is 0 Å². The number of aromatic nitrogens is 2. The molecule has 0 radical (unpaired) electrons. The molecule has 132 valence electrons. The number of nitrogens with zero attached hydrogens (tertiary/aromatic N) is 2. The largest absolute Gasteiger partial charge is 0.457 e. The molecule has 0 spiro atoms. The average Bonchev–Trinajstić information content (AvgIpc) is 3.11. The normalized spacial score (nSPS) is 10.2. The molecular formula is C19H18N4O3. The van der Waals surface area contributed by atoms with Gasteiger partial charge in [-0.3, -0.25) is 9.78 Å². The summed E-state index contributed by atoms with van der Waals surface area (Å²) in [4.78, 5) is 15.9. The Bertz CT molecular complexity index is 889. The highest BCUT2D eigenvalue weighted by atomic mass is 16.5. The van der Waals surface area contributed by atoms with Gasteiger partial charge in [-0.15, -0.1) is 0 Å². The number of anilines is 2. The number of nitrogens with one attached hydrogen (secondary N) is 2. The van der Waals surface area contributed by atoms with E-state index in [9.17, 15) is 4.79 Å². The van der Waals surface area contributed by atoms with Crippen LogP contribution in [-0.2, 0) is 4.79 Å². The van der Waals surface area contributed by atoms with Crippen LogP contribution in [0.5, 0.6) is 11.5 Å². The minimum Gasteiger partial charge on any atom is -0.457 e. The van der Waals surface area contributed by atoms with E-state index in [4.69, 9.17) is 9.26 Å². The second kappa shape index (κ2) is 7.98. The number of hydrogen-bond donors (Lipinski definition) is 2. The summed E-state index contributed by atoms with van der Waals surface area (Å²) < 4.78 is 10.7. The fourth-order valence-electron chi connectivity index (χ4n) is 2.09. The van der Waals surface area contributed by atoms with Crippen LogP contribution in [0.25, 0.3) is 5.57 Å². The van der Waals surface area contributed by atoms with E-state index in [0.717, 1.165) is 11.3 Å². The Kier molecular flexibility index (Phi) is 5.28. The first kappa shape index (κ1) is 17.2. The van der Waals surface area contributed by atoms with E-state index in [1.165, 1.54) is 0 Å². The minimum atomic E-state index is -0.233. The maximum Gasteiger partial charge on any atom is 0.244 e. The monoisotopic (exact) mass is 350 g/mol. The third kappa shape index (κ3) is 4.70. The number of benzene rings is 1. The molecule has 7 heteroatoms. The Hall–Kier alpha value is -3.61.